The summed E-state index contributed by atoms with van der Waals surface area (Å²) in [4.78, 5) is 34.4. The van der Waals surface area contributed by atoms with Crippen LogP contribution in [0.4, 0.5) is 5.69 Å². The molecule has 6 heteroatoms. The summed E-state index contributed by atoms with van der Waals surface area (Å²) in [5, 5.41) is 3.02. The number of benzene rings is 1. The first-order chi connectivity index (χ1) is 10.1. The van der Waals surface area contributed by atoms with Crippen LogP contribution in [0.2, 0.25) is 0 Å². The minimum atomic E-state index is -0.499. The lowest BCUT2D eigenvalue weighted by atomic mass is 10.1. The monoisotopic (exact) mass is 287 g/mol. The molecule has 0 bridgehead atoms. The fraction of sp³-hybridized carbons (Fsp3) is 0.267. The number of anilines is 1. The minimum Gasteiger partial charge on any atom is -0.379 e. The molecule has 110 valence electrons. The number of hydrogen-bond acceptors (Lipinski definition) is 4. The van der Waals surface area contributed by atoms with E-state index in [2.05, 4.69) is 5.32 Å². The predicted octanol–water partition coefficient (Wildman–Crippen LogP) is 0.400. The second kappa shape index (κ2) is 6.69. The molecule has 1 aromatic heterocycles. The Kier molecular flexibility index (Phi) is 4.71. The third kappa shape index (κ3) is 3.47. The van der Waals surface area contributed by atoms with Gasteiger partial charge in [-0.05, 0) is 12.0 Å². The van der Waals surface area contributed by atoms with Crippen molar-refractivity contribution in [2.24, 2.45) is 7.05 Å². The van der Waals surface area contributed by atoms with E-state index < -0.39 is 11.2 Å². The average molecular weight is 287 g/mol. The highest BCUT2D eigenvalue weighted by molar-refractivity contribution is 5.49. The number of nitrogens with one attached hydrogen (secondary N) is 1. The van der Waals surface area contributed by atoms with Gasteiger partial charge in [-0.2, -0.15) is 0 Å². The standard InChI is InChI=1S/C15H17N3O3/c1-17-11-13(14(20)18(9-10-19)15(17)21)16-8-7-12-5-3-2-4-6-12/h2-6,10-11,16H,7-9H2,1H3. The smallest absolute Gasteiger partial charge is 0.331 e. The maximum atomic E-state index is 12.1. The fourth-order valence-electron chi connectivity index (χ4n) is 2.07. The van der Waals surface area contributed by atoms with Crippen LogP contribution in [-0.4, -0.2) is 22.0 Å². The van der Waals surface area contributed by atoms with Gasteiger partial charge in [0.15, 0.2) is 0 Å². The van der Waals surface area contributed by atoms with Crippen molar-refractivity contribution >= 4 is 12.0 Å². The number of hydrogen-bond donors (Lipinski definition) is 1. The molecular weight excluding hydrogens is 270 g/mol. The molecule has 1 aromatic carbocycles. The lowest BCUT2D eigenvalue weighted by Gasteiger charge is -2.10. The van der Waals surface area contributed by atoms with Crippen molar-refractivity contribution < 1.29 is 4.79 Å². The average Bonchev–Trinajstić information content (AvgIpc) is 2.50. The van der Waals surface area contributed by atoms with Crippen LogP contribution in [0.25, 0.3) is 0 Å². The molecule has 6 nitrogen and oxygen atoms in total. The zero-order valence-electron chi connectivity index (χ0n) is 11.8. The first-order valence-corrected chi connectivity index (χ1v) is 6.65. The molecule has 0 spiro atoms. The predicted molar refractivity (Wildman–Crippen MR) is 80.6 cm³/mol. The molecule has 0 aliphatic carbocycles. The van der Waals surface area contributed by atoms with Crippen molar-refractivity contribution in [2.75, 3.05) is 11.9 Å². The Morgan fingerprint density at radius 2 is 1.90 bits per heavy atom. The summed E-state index contributed by atoms with van der Waals surface area (Å²) in [5.74, 6) is 0. The highest BCUT2D eigenvalue weighted by Crippen LogP contribution is 2.01. The zero-order valence-corrected chi connectivity index (χ0v) is 11.8. The van der Waals surface area contributed by atoms with Gasteiger partial charge in [0.05, 0.1) is 6.54 Å². The van der Waals surface area contributed by atoms with Gasteiger partial charge in [0.2, 0.25) is 0 Å². The molecule has 21 heavy (non-hydrogen) atoms. The van der Waals surface area contributed by atoms with Crippen LogP contribution in [0.3, 0.4) is 0 Å². The molecule has 0 aliphatic heterocycles. The van der Waals surface area contributed by atoms with Crippen LogP contribution in [-0.2, 0) is 24.8 Å². The van der Waals surface area contributed by atoms with E-state index in [-0.39, 0.29) is 6.54 Å². The Hall–Kier alpha value is -2.63. The summed E-state index contributed by atoms with van der Waals surface area (Å²) in [6, 6.07) is 9.87. The van der Waals surface area contributed by atoms with Gasteiger partial charge in [-0.25, -0.2) is 4.79 Å². The Morgan fingerprint density at radius 1 is 1.19 bits per heavy atom. The molecule has 2 aromatic rings. The highest BCUT2D eigenvalue weighted by atomic mass is 16.2. The molecular formula is C15H17N3O3. The van der Waals surface area contributed by atoms with Crippen LogP contribution in [0.1, 0.15) is 5.56 Å². The topological polar surface area (TPSA) is 73.1 Å². The third-order valence-corrected chi connectivity index (χ3v) is 3.16. The number of aldehydes is 1. The summed E-state index contributed by atoms with van der Waals surface area (Å²) < 4.78 is 2.20. The number of carbonyl (C=O) groups excluding carboxylic acids is 1. The molecule has 1 N–H and O–H groups in total. The molecule has 0 unspecified atom stereocenters. The third-order valence-electron chi connectivity index (χ3n) is 3.16. The minimum absolute atomic E-state index is 0.236. The van der Waals surface area contributed by atoms with Crippen LogP contribution in [0, 0.1) is 0 Å². The first-order valence-electron chi connectivity index (χ1n) is 6.65. The summed E-state index contributed by atoms with van der Waals surface area (Å²) in [6.45, 7) is 0.332. The van der Waals surface area contributed by atoms with Crippen molar-refractivity contribution in [3.05, 3.63) is 62.9 Å². The summed E-state index contributed by atoms with van der Waals surface area (Å²) in [7, 11) is 1.55. The molecule has 0 radical (unpaired) electrons. The molecule has 0 aliphatic rings. The van der Waals surface area contributed by atoms with E-state index in [0.29, 0.717) is 18.5 Å². The van der Waals surface area contributed by atoms with Gasteiger partial charge in [-0.15, -0.1) is 0 Å². The number of aryl methyl sites for hydroxylation is 1. The molecule has 0 fully saturated rings. The Labute approximate surface area is 121 Å². The van der Waals surface area contributed by atoms with Gasteiger partial charge < -0.3 is 14.7 Å². The van der Waals surface area contributed by atoms with Crippen LogP contribution < -0.4 is 16.6 Å². The summed E-state index contributed by atoms with van der Waals surface area (Å²) in [6.07, 6.45) is 2.75. The van der Waals surface area contributed by atoms with Crippen molar-refractivity contribution in [1.82, 2.24) is 9.13 Å². The largest absolute Gasteiger partial charge is 0.379 e. The zero-order chi connectivity index (χ0) is 15.2. The van der Waals surface area contributed by atoms with E-state index in [1.165, 1.54) is 10.8 Å². The number of carbonyl (C=O) groups is 1. The van der Waals surface area contributed by atoms with E-state index in [1.54, 1.807) is 7.05 Å². The fourth-order valence-corrected chi connectivity index (χ4v) is 2.07. The van der Waals surface area contributed by atoms with Gasteiger partial charge in [0.25, 0.3) is 5.56 Å². The van der Waals surface area contributed by atoms with Crippen molar-refractivity contribution in [3.8, 4) is 0 Å². The van der Waals surface area contributed by atoms with Crippen LogP contribution in [0.15, 0.2) is 46.1 Å². The lowest BCUT2D eigenvalue weighted by molar-refractivity contribution is -0.108. The van der Waals surface area contributed by atoms with Crippen LogP contribution >= 0.6 is 0 Å². The Morgan fingerprint density at radius 3 is 2.57 bits per heavy atom. The Balaban J connectivity index is 2.15. The van der Waals surface area contributed by atoms with Gasteiger partial charge >= 0.3 is 5.69 Å². The molecule has 0 saturated heterocycles. The number of nitrogens with zero attached hydrogens (tertiary/aromatic N) is 2. The van der Waals surface area contributed by atoms with E-state index in [0.717, 1.165) is 16.6 Å². The first kappa shape index (κ1) is 14.8. The van der Waals surface area contributed by atoms with Crippen molar-refractivity contribution in [3.63, 3.8) is 0 Å². The molecule has 2 rings (SSSR count). The Bertz CT molecular complexity index is 732. The molecule has 0 atom stereocenters. The molecule has 0 amide bonds. The summed E-state index contributed by atoms with van der Waals surface area (Å²) >= 11 is 0. The normalized spacial score (nSPS) is 10.3. The second-order valence-corrected chi connectivity index (χ2v) is 4.68. The van der Waals surface area contributed by atoms with E-state index in [4.69, 9.17) is 0 Å². The number of rotatable bonds is 6. The highest BCUT2D eigenvalue weighted by Gasteiger charge is 2.08. The van der Waals surface area contributed by atoms with E-state index >= 15 is 0 Å². The van der Waals surface area contributed by atoms with Gasteiger partial charge in [-0.1, -0.05) is 30.3 Å². The lowest BCUT2D eigenvalue weighted by Crippen LogP contribution is -2.40. The van der Waals surface area contributed by atoms with Gasteiger partial charge in [-0.3, -0.25) is 9.36 Å². The van der Waals surface area contributed by atoms with E-state index in [1.807, 2.05) is 30.3 Å². The molecule has 1 heterocycles. The quantitative estimate of drug-likeness (QED) is 0.781. The summed E-state index contributed by atoms with van der Waals surface area (Å²) in [5.41, 5.74) is 0.497. The van der Waals surface area contributed by atoms with E-state index in [9.17, 15) is 14.4 Å². The van der Waals surface area contributed by atoms with Gasteiger partial charge in [0.1, 0.15) is 12.0 Å². The van der Waals surface area contributed by atoms with Crippen molar-refractivity contribution in [1.29, 1.82) is 0 Å². The SMILES string of the molecule is Cn1cc(NCCc2ccccc2)c(=O)n(CC=O)c1=O. The second-order valence-electron chi connectivity index (χ2n) is 4.68. The maximum absolute atomic E-state index is 12.1. The maximum Gasteiger partial charge on any atom is 0.331 e. The van der Waals surface area contributed by atoms with Crippen LogP contribution in [0.5, 0.6) is 0 Å². The molecule has 0 saturated carbocycles. The number of aromatic nitrogens is 2. The van der Waals surface area contributed by atoms with Crippen molar-refractivity contribution in [2.45, 2.75) is 13.0 Å². The van der Waals surface area contributed by atoms with Gasteiger partial charge in [0, 0.05) is 19.8 Å².